The van der Waals surface area contributed by atoms with Crippen molar-refractivity contribution in [3.63, 3.8) is 0 Å². The van der Waals surface area contributed by atoms with E-state index in [0.717, 1.165) is 34.0 Å². The van der Waals surface area contributed by atoms with Crippen LogP contribution in [0.5, 0.6) is 5.75 Å². The van der Waals surface area contributed by atoms with E-state index in [2.05, 4.69) is 175 Å². The van der Waals surface area contributed by atoms with E-state index in [1.165, 1.54) is 33.5 Å². The van der Waals surface area contributed by atoms with Crippen LogP contribution in [0.15, 0.2) is 103 Å². The summed E-state index contributed by atoms with van der Waals surface area (Å²) in [6.45, 7) is 25.0. The second kappa shape index (κ2) is 16.2. The van der Waals surface area contributed by atoms with Crippen molar-refractivity contribution in [2.75, 3.05) is 9.80 Å². The number of para-hydroxylation sites is 4. The van der Waals surface area contributed by atoms with Gasteiger partial charge in [0.2, 0.25) is 0 Å². The number of phenolic OH excluding ortho intramolecular Hbond substituents is 1. The Balaban J connectivity index is 0.00000514. The van der Waals surface area contributed by atoms with Crippen molar-refractivity contribution in [2.24, 2.45) is 0 Å². The number of rotatable bonds is 10. The third-order valence-corrected chi connectivity index (χ3v) is 10.7. The molecule has 0 saturated carbocycles. The van der Waals surface area contributed by atoms with Gasteiger partial charge in [0.05, 0.1) is 11.3 Å². The first-order valence-electron chi connectivity index (χ1n) is 19.6. The Morgan fingerprint density at radius 1 is 0.582 bits per heavy atom. The minimum atomic E-state index is 0. The molecule has 5 nitrogen and oxygen atoms in total. The number of hydrogen-bond acceptors (Lipinski definition) is 4. The summed E-state index contributed by atoms with van der Waals surface area (Å²) < 4.78 is 2.19. The molecule has 1 aliphatic rings. The monoisotopic (exact) mass is 909 g/mol. The van der Waals surface area contributed by atoms with Crippen LogP contribution in [0.4, 0.5) is 22.7 Å². The van der Waals surface area contributed by atoms with Crippen LogP contribution >= 0.6 is 0 Å². The van der Waals surface area contributed by atoms with Gasteiger partial charge in [0, 0.05) is 22.8 Å². The second-order valence-electron chi connectivity index (χ2n) is 16.2. The van der Waals surface area contributed by atoms with Crippen molar-refractivity contribution in [3.8, 4) is 34.1 Å². The van der Waals surface area contributed by atoms with Gasteiger partial charge in [-0.1, -0.05) is 130 Å². The number of benzene rings is 5. The quantitative estimate of drug-likeness (QED) is 0.139. The van der Waals surface area contributed by atoms with Crippen LogP contribution in [0.25, 0.3) is 28.3 Å². The summed E-state index contributed by atoms with van der Waals surface area (Å²) in [5.41, 5.74) is 14.5. The van der Waals surface area contributed by atoms with Crippen LogP contribution < -0.4 is 9.80 Å². The fourth-order valence-electron chi connectivity index (χ4n) is 7.75. The van der Waals surface area contributed by atoms with Gasteiger partial charge in [0.1, 0.15) is 11.6 Å². The van der Waals surface area contributed by atoms with Gasteiger partial charge in [-0.25, -0.2) is 0 Å². The van der Waals surface area contributed by atoms with E-state index in [-0.39, 0.29) is 26.8 Å². The van der Waals surface area contributed by atoms with E-state index < -0.39 is 0 Å². The number of fused-ring (bicyclic) bond motifs is 1. The summed E-state index contributed by atoms with van der Waals surface area (Å²) in [4.78, 5) is 9.93. The van der Waals surface area contributed by atoms with Crippen molar-refractivity contribution in [1.29, 1.82) is 0 Å². The molecule has 0 atom stereocenters. The van der Waals surface area contributed by atoms with E-state index in [1.807, 2.05) is 18.2 Å². The molecule has 1 aliphatic heterocycles. The number of imidazole rings is 1. The van der Waals surface area contributed by atoms with Crippen LogP contribution in [0.1, 0.15) is 127 Å². The Hall–Kier alpha value is -4.60. The van der Waals surface area contributed by atoms with Crippen LogP contribution in [0, 0.1) is 12.7 Å². The summed E-state index contributed by atoms with van der Waals surface area (Å²) in [5, 5.41) is 11.1. The van der Waals surface area contributed by atoms with Gasteiger partial charge in [-0.2, -0.15) is 0 Å². The van der Waals surface area contributed by atoms with Gasteiger partial charge in [-0.3, -0.25) is 4.98 Å². The molecule has 0 radical (unpaired) electrons. The molecule has 6 heteroatoms. The summed E-state index contributed by atoms with van der Waals surface area (Å²) in [6, 6.07) is 37.6. The predicted octanol–water partition coefficient (Wildman–Crippen LogP) is 13.7. The van der Waals surface area contributed by atoms with Gasteiger partial charge in [-0.05, 0) is 87.9 Å². The molecule has 1 N–H and O–H groups in total. The predicted molar refractivity (Wildman–Crippen MR) is 227 cm³/mol. The third-order valence-electron chi connectivity index (χ3n) is 10.7. The van der Waals surface area contributed by atoms with Gasteiger partial charge in [0.25, 0.3) is 0 Å². The molecule has 0 spiro atoms. The molecule has 0 bridgehead atoms. The van der Waals surface area contributed by atoms with Crippen molar-refractivity contribution in [3.05, 3.63) is 144 Å². The number of phenols is 1. The van der Waals surface area contributed by atoms with E-state index in [9.17, 15) is 5.11 Å². The van der Waals surface area contributed by atoms with Gasteiger partial charge in [-0.15, -0.1) is 36.5 Å². The fraction of sp³-hybridized carbons (Fsp3) is 0.306. The number of aromatic hydroxyl groups is 1. The minimum Gasteiger partial charge on any atom is -0.507 e. The Bertz CT molecular complexity index is 2240. The normalized spacial score (nSPS) is 12.8. The zero-order valence-electron chi connectivity index (χ0n) is 33.8. The largest absolute Gasteiger partial charge is 2.00 e. The summed E-state index contributed by atoms with van der Waals surface area (Å²) >= 11 is 0. The average Bonchev–Trinajstić information content (AvgIpc) is 3.77. The summed E-state index contributed by atoms with van der Waals surface area (Å²) in [6.07, 6.45) is 2.12. The van der Waals surface area contributed by atoms with Crippen molar-refractivity contribution in [1.82, 2.24) is 9.55 Å². The topological polar surface area (TPSA) is 44.5 Å². The molecule has 7 rings (SSSR count). The fourth-order valence-corrected chi connectivity index (χ4v) is 7.75. The number of anilines is 4. The molecule has 55 heavy (non-hydrogen) atoms. The molecule has 6 aromatic rings. The zero-order valence-corrected chi connectivity index (χ0v) is 36.1. The van der Waals surface area contributed by atoms with E-state index in [0.29, 0.717) is 41.0 Å². The van der Waals surface area contributed by atoms with Gasteiger partial charge < -0.3 is 19.5 Å². The SMILES string of the molecule is CC(C)c1cc(C(C)C)c(N2[CH-]N(c3[c-]c(-c4cn(-c5c(C(C)C)cccc5C(C)C)c(-c5ccccc5O)n4)ccc3)c3ccccc32)c(C(C)C)c1.[Pt+2]. The molecule has 0 aliphatic carbocycles. The van der Waals surface area contributed by atoms with Crippen LogP contribution in [0.3, 0.4) is 0 Å². The average molecular weight is 910 g/mol. The second-order valence-corrected chi connectivity index (χ2v) is 16.2. The van der Waals surface area contributed by atoms with Crippen LogP contribution in [0.2, 0.25) is 0 Å². The molecule has 0 amide bonds. The van der Waals surface area contributed by atoms with Crippen molar-refractivity contribution >= 4 is 22.7 Å². The van der Waals surface area contributed by atoms with Crippen molar-refractivity contribution in [2.45, 2.75) is 98.8 Å². The maximum Gasteiger partial charge on any atom is 2.00 e. The Morgan fingerprint density at radius 3 is 1.69 bits per heavy atom. The van der Waals surface area contributed by atoms with Crippen LogP contribution in [-0.4, -0.2) is 14.7 Å². The molecule has 5 aromatic carbocycles. The first-order valence-corrected chi connectivity index (χ1v) is 19.6. The molecule has 0 saturated heterocycles. The Morgan fingerprint density at radius 2 is 1.13 bits per heavy atom. The molecular weight excluding hydrogens is 856 g/mol. The molecule has 286 valence electrons. The minimum absolute atomic E-state index is 0. The first kappa shape index (κ1) is 40.1. The third kappa shape index (κ3) is 7.53. The van der Waals surface area contributed by atoms with Crippen LogP contribution in [-0.2, 0) is 21.1 Å². The molecule has 2 heterocycles. The van der Waals surface area contributed by atoms with E-state index >= 15 is 0 Å². The van der Waals surface area contributed by atoms with E-state index in [4.69, 9.17) is 4.98 Å². The smallest absolute Gasteiger partial charge is 0.507 e. The maximum absolute atomic E-state index is 11.1. The Kier molecular flexibility index (Phi) is 11.8. The summed E-state index contributed by atoms with van der Waals surface area (Å²) in [5.74, 6) is 2.64. The first-order chi connectivity index (χ1) is 25.8. The number of nitrogens with zero attached hydrogens (tertiary/aromatic N) is 4. The van der Waals surface area contributed by atoms with Gasteiger partial charge in [0.15, 0.2) is 0 Å². The zero-order chi connectivity index (χ0) is 38.4. The molecular formula is C49H54N4OPt. The Labute approximate surface area is 343 Å². The molecule has 1 aromatic heterocycles. The molecule has 0 fully saturated rings. The van der Waals surface area contributed by atoms with E-state index in [1.54, 1.807) is 6.07 Å². The standard InChI is InChI=1S/C49H54N4O.Pt/c1-30(2)36-26-41(33(7)8)48(42(27-36)34(9)10)53-29-52(44-22-12-13-23-45(44)53)37-18-15-17-35(25-37)43-28-51(49(50-43)40-19-11-14-24-46(40)54)47-38(31(3)4)20-16-21-39(47)32(5)6;/h11-24,26-34,54H,1-10H3;/q-2;+2. The number of hydrogen-bond donors (Lipinski definition) is 1. The maximum atomic E-state index is 11.1. The summed E-state index contributed by atoms with van der Waals surface area (Å²) in [7, 11) is 0. The number of aromatic nitrogens is 2. The van der Waals surface area contributed by atoms with Gasteiger partial charge >= 0.3 is 21.1 Å². The van der Waals surface area contributed by atoms with Crippen molar-refractivity contribution < 1.29 is 26.2 Å². The molecule has 0 unspecified atom stereocenters.